The van der Waals surface area contributed by atoms with Crippen LogP contribution in [0.5, 0.6) is 0 Å². The van der Waals surface area contributed by atoms with E-state index < -0.39 is 17.7 Å². The Kier molecular flexibility index (Phi) is 5.65. The van der Waals surface area contributed by atoms with Gasteiger partial charge in [0.1, 0.15) is 0 Å². The monoisotopic (exact) mass is 341 g/mol. The molecule has 0 atom stereocenters. The van der Waals surface area contributed by atoms with E-state index in [2.05, 4.69) is 4.98 Å². The predicted octanol–water partition coefficient (Wildman–Crippen LogP) is 4.16. The fraction of sp³-hybridized carbons (Fsp3) is 0.250. The zero-order valence-electron chi connectivity index (χ0n) is 12.0. The first-order valence-electron chi connectivity index (χ1n) is 6.75. The molecular formula is C16H14F3NO2S. The van der Waals surface area contributed by atoms with Crippen LogP contribution in [0.4, 0.5) is 13.2 Å². The molecule has 2 aromatic rings. The average molecular weight is 341 g/mol. The number of nitrogens with zero attached hydrogens (tertiary/aromatic N) is 1. The van der Waals surface area contributed by atoms with Gasteiger partial charge in [-0.3, -0.25) is 9.78 Å². The summed E-state index contributed by atoms with van der Waals surface area (Å²) in [5.41, 5.74) is 0.749. The highest BCUT2D eigenvalue weighted by Crippen LogP contribution is 2.33. The molecule has 0 amide bonds. The number of aromatic nitrogens is 1. The highest BCUT2D eigenvalue weighted by molar-refractivity contribution is 7.97. The second-order valence-electron chi connectivity index (χ2n) is 4.83. The Morgan fingerprint density at radius 2 is 1.74 bits per heavy atom. The number of thioether (sulfide) groups is 1. The lowest BCUT2D eigenvalue weighted by molar-refractivity contribution is -0.138. The van der Waals surface area contributed by atoms with Gasteiger partial charge in [-0.25, -0.2) is 0 Å². The fourth-order valence-corrected chi connectivity index (χ4v) is 3.16. The molecule has 0 aliphatic heterocycles. The third kappa shape index (κ3) is 4.99. The molecule has 0 unspecified atom stereocenters. The molecule has 7 heteroatoms. The third-order valence-corrected chi connectivity index (χ3v) is 4.17. The first-order valence-corrected chi connectivity index (χ1v) is 7.91. The molecule has 1 aromatic heterocycles. The lowest BCUT2D eigenvalue weighted by atomic mass is 10.1. The van der Waals surface area contributed by atoms with Crippen LogP contribution < -0.4 is 0 Å². The standard InChI is InChI=1S/C16H14F3NO2S/c17-16(18,19)13-6-2-1-4-11(13)9-23-10-12-5-3-7-20-14(12)8-15(21)22/h1-7H,8-10H2,(H,21,22). The van der Waals surface area contributed by atoms with Crippen LogP contribution in [0.1, 0.15) is 22.4 Å². The van der Waals surface area contributed by atoms with Gasteiger partial charge in [0.15, 0.2) is 0 Å². The minimum absolute atomic E-state index is 0.192. The van der Waals surface area contributed by atoms with Gasteiger partial charge in [0, 0.05) is 17.7 Å². The maximum Gasteiger partial charge on any atom is 0.416 e. The van der Waals surface area contributed by atoms with Crippen molar-refractivity contribution in [1.29, 1.82) is 0 Å². The van der Waals surface area contributed by atoms with Gasteiger partial charge in [0.05, 0.1) is 17.7 Å². The van der Waals surface area contributed by atoms with E-state index in [0.29, 0.717) is 11.4 Å². The number of alkyl halides is 3. The Morgan fingerprint density at radius 3 is 2.43 bits per heavy atom. The largest absolute Gasteiger partial charge is 0.481 e. The van der Waals surface area contributed by atoms with Crippen LogP contribution in [0.2, 0.25) is 0 Å². The molecule has 0 spiro atoms. The van der Waals surface area contributed by atoms with Gasteiger partial charge in [-0.15, -0.1) is 0 Å². The number of benzene rings is 1. The van der Waals surface area contributed by atoms with Crippen molar-refractivity contribution in [2.75, 3.05) is 0 Å². The number of halogens is 3. The molecule has 0 radical (unpaired) electrons. The van der Waals surface area contributed by atoms with E-state index in [-0.39, 0.29) is 17.7 Å². The van der Waals surface area contributed by atoms with Crippen LogP contribution in [0.3, 0.4) is 0 Å². The third-order valence-electron chi connectivity index (χ3n) is 3.14. The molecule has 1 heterocycles. The topological polar surface area (TPSA) is 50.2 Å². The molecule has 3 nitrogen and oxygen atoms in total. The van der Waals surface area contributed by atoms with Crippen molar-refractivity contribution in [2.45, 2.75) is 24.1 Å². The SMILES string of the molecule is O=C(O)Cc1ncccc1CSCc1ccccc1C(F)(F)F. The lowest BCUT2D eigenvalue weighted by Gasteiger charge is -2.12. The van der Waals surface area contributed by atoms with E-state index >= 15 is 0 Å². The van der Waals surface area contributed by atoms with Crippen LogP contribution in [-0.4, -0.2) is 16.1 Å². The number of pyridine rings is 1. The van der Waals surface area contributed by atoms with Crippen molar-refractivity contribution >= 4 is 17.7 Å². The molecule has 1 N–H and O–H groups in total. The lowest BCUT2D eigenvalue weighted by Crippen LogP contribution is -2.08. The summed E-state index contributed by atoms with van der Waals surface area (Å²) in [6, 6.07) is 8.89. The van der Waals surface area contributed by atoms with E-state index in [1.54, 1.807) is 18.2 Å². The van der Waals surface area contributed by atoms with E-state index in [0.717, 1.165) is 11.6 Å². The van der Waals surface area contributed by atoms with Crippen LogP contribution in [0.15, 0.2) is 42.6 Å². The van der Waals surface area contributed by atoms with Gasteiger partial charge in [0.2, 0.25) is 0 Å². The number of carboxylic acids is 1. The molecule has 0 aliphatic carbocycles. The first-order chi connectivity index (χ1) is 10.9. The summed E-state index contributed by atoms with van der Waals surface area (Å²) in [6.45, 7) is 0. The van der Waals surface area contributed by atoms with Gasteiger partial charge in [-0.2, -0.15) is 24.9 Å². The van der Waals surface area contributed by atoms with Crippen molar-refractivity contribution in [1.82, 2.24) is 4.98 Å². The molecule has 0 saturated heterocycles. The predicted molar refractivity (Wildman–Crippen MR) is 82.0 cm³/mol. The van der Waals surface area contributed by atoms with Crippen LogP contribution in [-0.2, 0) is 28.9 Å². The van der Waals surface area contributed by atoms with Crippen molar-refractivity contribution in [2.24, 2.45) is 0 Å². The zero-order chi connectivity index (χ0) is 16.9. The molecule has 0 saturated carbocycles. The van der Waals surface area contributed by atoms with Gasteiger partial charge < -0.3 is 5.11 Å². The number of hydrogen-bond acceptors (Lipinski definition) is 3. The van der Waals surface area contributed by atoms with Crippen molar-refractivity contribution in [3.63, 3.8) is 0 Å². The smallest absolute Gasteiger partial charge is 0.416 e. The summed E-state index contributed by atoms with van der Waals surface area (Å²) in [7, 11) is 0. The Labute approximate surface area is 135 Å². The Balaban J connectivity index is 2.05. The molecular weight excluding hydrogens is 327 g/mol. The number of hydrogen-bond donors (Lipinski definition) is 1. The van der Waals surface area contributed by atoms with Crippen molar-refractivity contribution in [3.05, 3.63) is 65.0 Å². The first kappa shape index (κ1) is 17.3. The maximum atomic E-state index is 12.9. The summed E-state index contributed by atoms with van der Waals surface area (Å²) in [6.07, 6.45) is -3.07. The highest BCUT2D eigenvalue weighted by atomic mass is 32.2. The highest BCUT2D eigenvalue weighted by Gasteiger charge is 2.32. The van der Waals surface area contributed by atoms with E-state index in [9.17, 15) is 18.0 Å². The Bertz CT molecular complexity index is 689. The minimum atomic E-state index is -4.38. The van der Waals surface area contributed by atoms with Crippen LogP contribution in [0, 0.1) is 0 Å². The van der Waals surface area contributed by atoms with E-state index in [1.807, 2.05) is 0 Å². The molecule has 23 heavy (non-hydrogen) atoms. The molecule has 122 valence electrons. The summed E-state index contributed by atoms with van der Waals surface area (Å²) in [4.78, 5) is 14.8. The quantitative estimate of drug-likeness (QED) is 0.857. The second kappa shape index (κ2) is 7.50. The average Bonchev–Trinajstić information content (AvgIpc) is 2.48. The fourth-order valence-electron chi connectivity index (χ4n) is 2.10. The van der Waals surface area contributed by atoms with Crippen molar-refractivity contribution < 1.29 is 23.1 Å². The summed E-state index contributed by atoms with van der Waals surface area (Å²) >= 11 is 1.30. The van der Waals surface area contributed by atoms with Gasteiger partial charge in [-0.05, 0) is 23.3 Å². The number of aliphatic carboxylic acids is 1. The Hall–Kier alpha value is -2.02. The van der Waals surface area contributed by atoms with E-state index in [1.165, 1.54) is 30.1 Å². The molecule has 0 aliphatic rings. The van der Waals surface area contributed by atoms with Crippen LogP contribution in [0.25, 0.3) is 0 Å². The zero-order valence-corrected chi connectivity index (χ0v) is 12.8. The van der Waals surface area contributed by atoms with Gasteiger partial charge >= 0.3 is 12.1 Å². The normalized spacial score (nSPS) is 11.4. The summed E-state index contributed by atoms with van der Waals surface area (Å²) in [5, 5.41) is 8.85. The van der Waals surface area contributed by atoms with E-state index in [4.69, 9.17) is 5.11 Å². The minimum Gasteiger partial charge on any atom is -0.481 e. The molecule has 0 fully saturated rings. The number of rotatable bonds is 6. The number of carbonyl (C=O) groups is 1. The second-order valence-corrected chi connectivity index (χ2v) is 5.81. The van der Waals surface area contributed by atoms with Gasteiger partial charge in [0.25, 0.3) is 0 Å². The molecule has 0 bridgehead atoms. The summed E-state index contributed by atoms with van der Waals surface area (Å²) in [5.74, 6) is -0.392. The van der Waals surface area contributed by atoms with Crippen molar-refractivity contribution in [3.8, 4) is 0 Å². The van der Waals surface area contributed by atoms with Gasteiger partial charge in [-0.1, -0.05) is 24.3 Å². The summed E-state index contributed by atoms with van der Waals surface area (Å²) < 4.78 is 38.8. The number of carboxylic acid groups (broad SMARTS) is 1. The van der Waals surface area contributed by atoms with Crippen LogP contribution >= 0.6 is 11.8 Å². The maximum absolute atomic E-state index is 12.9. The molecule has 1 aromatic carbocycles. The Morgan fingerprint density at radius 1 is 1.09 bits per heavy atom. The molecule has 2 rings (SSSR count).